The third kappa shape index (κ3) is 5.49. The lowest BCUT2D eigenvalue weighted by Gasteiger charge is -2.29. The number of nitrogens with one attached hydrogen (secondary N) is 2. The lowest BCUT2D eigenvalue weighted by atomic mass is 9.97. The van der Waals surface area contributed by atoms with Crippen molar-refractivity contribution in [2.75, 3.05) is 45.6 Å². The number of likely N-dealkylation sites (tertiary alicyclic amines) is 2. The molecule has 0 aliphatic carbocycles. The van der Waals surface area contributed by atoms with E-state index in [9.17, 15) is 9.59 Å². The fourth-order valence-electron chi connectivity index (χ4n) is 4.00. The van der Waals surface area contributed by atoms with E-state index in [1.807, 2.05) is 19.2 Å². The standard InChI is InChI=1S/C20H31N5O2/c1-24-10-4-6-15(13-24)19(26)22-12-18-17(8-3-9-21-18)23-20(27)16-7-5-11-25(2)14-16/h3,8-9,15-16H,4-7,10-14H2,1-2H3,(H,22,26)(H,23,27). The monoisotopic (exact) mass is 373 g/mol. The molecule has 2 aliphatic heterocycles. The number of pyridine rings is 1. The highest BCUT2D eigenvalue weighted by molar-refractivity contribution is 5.93. The zero-order chi connectivity index (χ0) is 19.2. The Morgan fingerprint density at radius 3 is 2.33 bits per heavy atom. The van der Waals surface area contributed by atoms with Crippen molar-refractivity contribution in [1.29, 1.82) is 0 Å². The Bertz CT molecular complexity index is 666. The Morgan fingerprint density at radius 2 is 1.70 bits per heavy atom. The van der Waals surface area contributed by atoms with E-state index in [1.165, 1.54) is 0 Å². The summed E-state index contributed by atoms with van der Waals surface area (Å²) in [6, 6.07) is 3.66. The number of hydrogen-bond acceptors (Lipinski definition) is 5. The van der Waals surface area contributed by atoms with Gasteiger partial charge in [0.05, 0.1) is 29.8 Å². The van der Waals surface area contributed by atoms with Crippen LogP contribution < -0.4 is 10.6 Å². The highest BCUT2D eigenvalue weighted by atomic mass is 16.2. The molecule has 0 spiro atoms. The van der Waals surface area contributed by atoms with Gasteiger partial charge in [-0.2, -0.15) is 0 Å². The number of aromatic nitrogens is 1. The molecule has 2 N–H and O–H groups in total. The number of carbonyl (C=O) groups is 2. The van der Waals surface area contributed by atoms with Crippen LogP contribution in [0.1, 0.15) is 31.4 Å². The van der Waals surface area contributed by atoms with Crippen molar-refractivity contribution in [3.05, 3.63) is 24.0 Å². The van der Waals surface area contributed by atoms with Gasteiger partial charge in [0.1, 0.15) is 0 Å². The Labute approximate surface area is 161 Å². The maximum Gasteiger partial charge on any atom is 0.228 e. The van der Waals surface area contributed by atoms with Gasteiger partial charge in [-0.25, -0.2) is 0 Å². The van der Waals surface area contributed by atoms with Gasteiger partial charge < -0.3 is 20.4 Å². The molecule has 7 heteroatoms. The van der Waals surface area contributed by atoms with Crippen LogP contribution in [0.5, 0.6) is 0 Å². The molecule has 2 atom stereocenters. The zero-order valence-corrected chi connectivity index (χ0v) is 16.4. The van der Waals surface area contributed by atoms with Gasteiger partial charge in [0.2, 0.25) is 11.8 Å². The fourth-order valence-corrected chi connectivity index (χ4v) is 4.00. The van der Waals surface area contributed by atoms with Crippen molar-refractivity contribution in [2.45, 2.75) is 32.2 Å². The van der Waals surface area contributed by atoms with Crippen LogP contribution in [0.2, 0.25) is 0 Å². The summed E-state index contributed by atoms with van der Waals surface area (Å²) in [7, 11) is 4.10. The molecule has 0 saturated carbocycles. The van der Waals surface area contributed by atoms with Crippen LogP contribution in [0, 0.1) is 11.8 Å². The minimum absolute atomic E-state index is 0.00386. The van der Waals surface area contributed by atoms with Gasteiger partial charge in [-0.3, -0.25) is 14.6 Å². The molecule has 0 aromatic carbocycles. The molecule has 0 radical (unpaired) electrons. The average molecular weight is 374 g/mol. The molecule has 2 aliphatic rings. The first-order valence-electron chi connectivity index (χ1n) is 9.92. The smallest absolute Gasteiger partial charge is 0.228 e. The molecule has 1 aromatic rings. The molecule has 2 fully saturated rings. The minimum atomic E-state index is 0.00386. The molecule has 7 nitrogen and oxygen atoms in total. The first kappa shape index (κ1) is 19.8. The van der Waals surface area contributed by atoms with Gasteiger partial charge in [-0.05, 0) is 65.0 Å². The molecule has 2 unspecified atom stereocenters. The molecule has 2 saturated heterocycles. The fraction of sp³-hybridized carbons (Fsp3) is 0.650. The second-order valence-electron chi connectivity index (χ2n) is 7.91. The van der Waals surface area contributed by atoms with E-state index in [2.05, 4.69) is 32.5 Å². The van der Waals surface area contributed by atoms with E-state index in [-0.39, 0.29) is 23.7 Å². The van der Waals surface area contributed by atoms with Crippen LogP contribution in [0.4, 0.5) is 5.69 Å². The van der Waals surface area contributed by atoms with Crippen LogP contribution in [0.15, 0.2) is 18.3 Å². The number of carbonyl (C=O) groups excluding carboxylic acids is 2. The zero-order valence-electron chi connectivity index (χ0n) is 16.4. The maximum atomic E-state index is 12.6. The van der Waals surface area contributed by atoms with E-state index in [4.69, 9.17) is 0 Å². The van der Waals surface area contributed by atoms with E-state index in [0.717, 1.165) is 51.9 Å². The predicted molar refractivity (Wildman–Crippen MR) is 105 cm³/mol. The first-order chi connectivity index (χ1) is 13.0. The number of piperidine rings is 2. The highest BCUT2D eigenvalue weighted by Crippen LogP contribution is 2.20. The van der Waals surface area contributed by atoms with E-state index in [1.54, 1.807) is 6.20 Å². The predicted octanol–water partition coefficient (Wildman–Crippen LogP) is 1.32. The van der Waals surface area contributed by atoms with Crippen molar-refractivity contribution in [3.8, 4) is 0 Å². The summed E-state index contributed by atoms with van der Waals surface area (Å²) in [6.45, 7) is 4.02. The SMILES string of the molecule is CN1CCCC(C(=O)NCc2ncccc2NC(=O)C2CCCN(C)C2)C1. The molecule has 3 heterocycles. The molecule has 0 bridgehead atoms. The van der Waals surface area contributed by atoms with Crippen molar-refractivity contribution in [3.63, 3.8) is 0 Å². The largest absolute Gasteiger partial charge is 0.350 e. The average Bonchev–Trinajstić information content (AvgIpc) is 2.67. The summed E-state index contributed by atoms with van der Waals surface area (Å²) < 4.78 is 0. The van der Waals surface area contributed by atoms with E-state index >= 15 is 0 Å². The van der Waals surface area contributed by atoms with Crippen LogP contribution >= 0.6 is 0 Å². The number of hydrogen-bond donors (Lipinski definition) is 2. The normalized spacial score (nSPS) is 24.4. The van der Waals surface area contributed by atoms with Crippen molar-refractivity contribution >= 4 is 17.5 Å². The maximum absolute atomic E-state index is 12.6. The van der Waals surface area contributed by atoms with Crippen molar-refractivity contribution in [1.82, 2.24) is 20.1 Å². The molecule has 2 amide bonds. The second kappa shape index (κ2) is 9.28. The van der Waals surface area contributed by atoms with Crippen LogP contribution in [0.25, 0.3) is 0 Å². The van der Waals surface area contributed by atoms with Crippen molar-refractivity contribution < 1.29 is 9.59 Å². The summed E-state index contributed by atoms with van der Waals surface area (Å²) in [6.07, 6.45) is 5.63. The second-order valence-corrected chi connectivity index (χ2v) is 7.91. The van der Waals surface area contributed by atoms with Crippen molar-refractivity contribution in [2.24, 2.45) is 11.8 Å². The van der Waals surface area contributed by atoms with Gasteiger partial charge in [-0.1, -0.05) is 0 Å². The molecule has 3 rings (SSSR count). The Kier molecular flexibility index (Phi) is 6.79. The summed E-state index contributed by atoms with van der Waals surface area (Å²) in [5.41, 5.74) is 1.39. The molecular formula is C20H31N5O2. The van der Waals surface area contributed by atoms with Gasteiger partial charge in [-0.15, -0.1) is 0 Å². The molecule has 148 valence electrons. The Balaban J connectivity index is 1.57. The summed E-state index contributed by atoms with van der Waals surface area (Å²) >= 11 is 0. The van der Waals surface area contributed by atoms with Crippen LogP contribution in [0.3, 0.4) is 0 Å². The van der Waals surface area contributed by atoms with Gasteiger partial charge >= 0.3 is 0 Å². The summed E-state index contributed by atoms with van der Waals surface area (Å²) in [5.74, 6) is 0.141. The number of amides is 2. The van der Waals surface area contributed by atoms with Gasteiger partial charge in [0, 0.05) is 19.3 Å². The third-order valence-electron chi connectivity index (χ3n) is 5.57. The van der Waals surface area contributed by atoms with E-state index in [0.29, 0.717) is 17.9 Å². The molecule has 1 aromatic heterocycles. The molecule has 27 heavy (non-hydrogen) atoms. The number of nitrogens with zero attached hydrogens (tertiary/aromatic N) is 3. The Morgan fingerprint density at radius 1 is 1.07 bits per heavy atom. The van der Waals surface area contributed by atoms with E-state index < -0.39 is 0 Å². The van der Waals surface area contributed by atoms with Crippen LogP contribution in [-0.2, 0) is 16.1 Å². The third-order valence-corrected chi connectivity index (χ3v) is 5.57. The molecular weight excluding hydrogens is 342 g/mol. The first-order valence-corrected chi connectivity index (χ1v) is 9.92. The lowest BCUT2D eigenvalue weighted by Crippen LogP contribution is -2.41. The lowest BCUT2D eigenvalue weighted by molar-refractivity contribution is -0.126. The topological polar surface area (TPSA) is 77.6 Å². The van der Waals surface area contributed by atoms with Gasteiger partial charge in [0.25, 0.3) is 0 Å². The van der Waals surface area contributed by atoms with Crippen LogP contribution in [-0.4, -0.2) is 66.9 Å². The Hall–Kier alpha value is -1.99. The quantitative estimate of drug-likeness (QED) is 0.814. The highest BCUT2D eigenvalue weighted by Gasteiger charge is 2.26. The number of anilines is 1. The minimum Gasteiger partial charge on any atom is -0.350 e. The number of rotatable bonds is 5. The van der Waals surface area contributed by atoms with Gasteiger partial charge in [0.15, 0.2) is 0 Å². The summed E-state index contributed by atoms with van der Waals surface area (Å²) in [5, 5.41) is 6.03. The summed E-state index contributed by atoms with van der Waals surface area (Å²) in [4.78, 5) is 33.9.